The first-order valence-corrected chi connectivity index (χ1v) is 7.55. The van der Waals surface area contributed by atoms with Gasteiger partial charge in [-0.1, -0.05) is 38.3 Å². The Labute approximate surface area is 116 Å². The van der Waals surface area contributed by atoms with Crippen LogP contribution in [0.15, 0.2) is 24.3 Å². The Morgan fingerprint density at radius 1 is 1.21 bits per heavy atom. The van der Waals surface area contributed by atoms with Crippen molar-refractivity contribution in [1.29, 1.82) is 0 Å². The van der Waals surface area contributed by atoms with Gasteiger partial charge in [-0.15, -0.1) is 0 Å². The van der Waals surface area contributed by atoms with Gasteiger partial charge in [0, 0.05) is 0 Å². The maximum atomic E-state index is 10.9. The number of aliphatic hydroxyl groups is 1. The molecule has 2 unspecified atom stereocenters. The van der Waals surface area contributed by atoms with E-state index in [1.807, 2.05) is 24.3 Å². The van der Waals surface area contributed by atoms with Crippen LogP contribution in [0.1, 0.15) is 57.4 Å². The van der Waals surface area contributed by atoms with Crippen LogP contribution in [0.25, 0.3) is 0 Å². The zero-order valence-electron chi connectivity index (χ0n) is 12.2. The SMILES string of the molecule is CCCC1CCCC(O)(c2ccc(OC)cc2)CC1. The fourth-order valence-electron chi connectivity index (χ4n) is 3.28. The number of benzene rings is 1. The summed E-state index contributed by atoms with van der Waals surface area (Å²) in [6.45, 7) is 2.25. The molecule has 0 radical (unpaired) electrons. The van der Waals surface area contributed by atoms with Crippen molar-refractivity contribution >= 4 is 0 Å². The van der Waals surface area contributed by atoms with Crippen molar-refractivity contribution in [3.05, 3.63) is 29.8 Å². The zero-order chi connectivity index (χ0) is 13.7. The highest BCUT2D eigenvalue weighted by atomic mass is 16.5. The Kier molecular flexibility index (Phi) is 4.87. The normalized spacial score (nSPS) is 27.8. The van der Waals surface area contributed by atoms with Gasteiger partial charge in [0.2, 0.25) is 0 Å². The average Bonchev–Trinajstić information content (AvgIpc) is 2.63. The van der Waals surface area contributed by atoms with Crippen LogP contribution >= 0.6 is 0 Å². The van der Waals surface area contributed by atoms with E-state index in [0.29, 0.717) is 0 Å². The van der Waals surface area contributed by atoms with Crippen LogP contribution < -0.4 is 4.74 Å². The van der Waals surface area contributed by atoms with Crippen molar-refractivity contribution in [2.45, 2.75) is 57.5 Å². The molecule has 1 N–H and O–H groups in total. The quantitative estimate of drug-likeness (QED) is 0.821. The number of ether oxygens (including phenoxy) is 1. The van der Waals surface area contributed by atoms with E-state index in [1.165, 1.54) is 19.3 Å². The van der Waals surface area contributed by atoms with E-state index in [4.69, 9.17) is 4.74 Å². The molecule has 0 heterocycles. The van der Waals surface area contributed by atoms with Gasteiger partial charge in [-0.05, 0) is 49.3 Å². The zero-order valence-corrected chi connectivity index (χ0v) is 12.2. The molecule has 0 amide bonds. The van der Waals surface area contributed by atoms with Crippen LogP contribution in [0.5, 0.6) is 5.75 Å². The van der Waals surface area contributed by atoms with Crippen molar-refractivity contribution in [3.8, 4) is 5.75 Å². The van der Waals surface area contributed by atoms with Crippen LogP contribution in [-0.2, 0) is 5.60 Å². The highest BCUT2D eigenvalue weighted by Gasteiger charge is 2.32. The van der Waals surface area contributed by atoms with E-state index < -0.39 is 5.60 Å². The molecule has 0 aliphatic heterocycles. The molecule has 106 valence electrons. The Morgan fingerprint density at radius 2 is 1.95 bits per heavy atom. The second kappa shape index (κ2) is 6.42. The second-order valence-electron chi connectivity index (χ2n) is 5.85. The maximum Gasteiger partial charge on any atom is 0.118 e. The summed E-state index contributed by atoms with van der Waals surface area (Å²) in [5.41, 5.74) is 0.417. The van der Waals surface area contributed by atoms with Crippen LogP contribution in [0.2, 0.25) is 0 Å². The first kappa shape index (κ1) is 14.4. The van der Waals surface area contributed by atoms with Crippen molar-refractivity contribution in [1.82, 2.24) is 0 Å². The van der Waals surface area contributed by atoms with Gasteiger partial charge in [-0.25, -0.2) is 0 Å². The first-order chi connectivity index (χ1) is 9.18. The third kappa shape index (κ3) is 3.50. The van der Waals surface area contributed by atoms with E-state index in [9.17, 15) is 5.11 Å². The van der Waals surface area contributed by atoms with Gasteiger partial charge in [0.1, 0.15) is 5.75 Å². The summed E-state index contributed by atoms with van der Waals surface area (Å²) in [5, 5.41) is 10.9. The topological polar surface area (TPSA) is 29.5 Å². The molecule has 2 heteroatoms. The largest absolute Gasteiger partial charge is 0.497 e. The third-order valence-electron chi connectivity index (χ3n) is 4.49. The number of rotatable bonds is 4. The second-order valence-corrected chi connectivity index (χ2v) is 5.85. The summed E-state index contributed by atoms with van der Waals surface area (Å²) in [6, 6.07) is 7.92. The van der Waals surface area contributed by atoms with E-state index in [1.54, 1.807) is 7.11 Å². The van der Waals surface area contributed by atoms with Crippen LogP contribution in [-0.4, -0.2) is 12.2 Å². The minimum absolute atomic E-state index is 0.630. The number of hydrogen-bond acceptors (Lipinski definition) is 2. The van der Waals surface area contributed by atoms with Crippen molar-refractivity contribution in [2.24, 2.45) is 5.92 Å². The Hall–Kier alpha value is -1.02. The summed E-state index contributed by atoms with van der Waals surface area (Å²) >= 11 is 0. The summed E-state index contributed by atoms with van der Waals surface area (Å²) in [5.74, 6) is 1.65. The molecule has 1 saturated carbocycles. The van der Waals surface area contributed by atoms with E-state index in [-0.39, 0.29) is 0 Å². The molecular formula is C17H26O2. The van der Waals surface area contributed by atoms with Crippen LogP contribution in [0.3, 0.4) is 0 Å². The fraction of sp³-hybridized carbons (Fsp3) is 0.647. The van der Waals surface area contributed by atoms with Gasteiger partial charge in [0.05, 0.1) is 12.7 Å². The summed E-state index contributed by atoms with van der Waals surface area (Å²) in [4.78, 5) is 0. The monoisotopic (exact) mass is 262 g/mol. The minimum atomic E-state index is -0.630. The summed E-state index contributed by atoms with van der Waals surface area (Å²) in [7, 11) is 1.67. The molecule has 2 nitrogen and oxygen atoms in total. The maximum absolute atomic E-state index is 10.9. The van der Waals surface area contributed by atoms with Gasteiger partial charge in [0.15, 0.2) is 0 Å². The minimum Gasteiger partial charge on any atom is -0.497 e. The summed E-state index contributed by atoms with van der Waals surface area (Å²) in [6.07, 6.45) is 7.89. The van der Waals surface area contributed by atoms with E-state index in [2.05, 4.69) is 6.92 Å². The molecule has 0 bridgehead atoms. The molecule has 2 rings (SSSR count). The standard InChI is InChI=1S/C17H26O2/c1-3-5-14-6-4-12-17(18,13-11-14)15-7-9-16(19-2)10-8-15/h7-10,14,18H,3-6,11-13H2,1-2H3. The van der Waals surface area contributed by atoms with Crippen LogP contribution in [0, 0.1) is 5.92 Å². The summed E-state index contributed by atoms with van der Waals surface area (Å²) < 4.78 is 5.18. The van der Waals surface area contributed by atoms with E-state index >= 15 is 0 Å². The predicted molar refractivity (Wildman–Crippen MR) is 78.4 cm³/mol. The van der Waals surface area contributed by atoms with E-state index in [0.717, 1.165) is 42.9 Å². The third-order valence-corrected chi connectivity index (χ3v) is 4.49. The molecule has 0 saturated heterocycles. The van der Waals surface area contributed by atoms with Gasteiger partial charge in [-0.2, -0.15) is 0 Å². The lowest BCUT2D eigenvalue weighted by Gasteiger charge is -2.27. The van der Waals surface area contributed by atoms with Gasteiger partial charge >= 0.3 is 0 Å². The highest BCUT2D eigenvalue weighted by molar-refractivity contribution is 5.31. The van der Waals surface area contributed by atoms with Crippen molar-refractivity contribution in [2.75, 3.05) is 7.11 Å². The fourth-order valence-corrected chi connectivity index (χ4v) is 3.28. The molecule has 1 aromatic carbocycles. The molecule has 1 aromatic rings. The number of hydrogen-bond donors (Lipinski definition) is 1. The van der Waals surface area contributed by atoms with Crippen molar-refractivity contribution < 1.29 is 9.84 Å². The number of methoxy groups -OCH3 is 1. The molecule has 1 aliphatic rings. The molecule has 2 atom stereocenters. The molecular weight excluding hydrogens is 236 g/mol. The molecule has 1 fully saturated rings. The Bertz CT molecular complexity index is 385. The lowest BCUT2D eigenvalue weighted by Crippen LogP contribution is -2.24. The van der Waals surface area contributed by atoms with Crippen LogP contribution in [0.4, 0.5) is 0 Å². The first-order valence-electron chi connectivity index (χ1n) is 7.55. The molecule has 0 aromatic heterocycles. The molecule has 1 aliphatic carbocycles. The predicted octanol–water partition coefficient (Wildman–Crippen LogP) is 4.26. The van der Waals surface area contributed by atoms with Gasteiger partial charge in [0.25, 0.3) is 0 Å². The van der Waals surface area contributed by atoms with Gasteiger partial charge < -0.3 is 9.84 Å². The van der Waals surface area contributed by atoms with Gasteiger partial charge in [-0.3, -0.25) is 0 Å². The lowest BCUT2D eigenvalue weighted by molar-refractivity contribution is 0.0195. The smallest absolute Gasteiger partial charge is 0.118 e. The Balaban J connectivity index is 2.08. The van der Waals surface area contributed by atoms with Crippen molar-refractivity contribution in [3.63, 3.8) is 0 Å². The Morgan fingerprint density at radius 3 is 2.58 bits per heavy atom. The average molecular weight is 262 g/mol. The lowest BCUT2D eigenvalue weighted by atomic mass is 9.86. The highest BCUT2D eigenvalue weighted by Crippen LogP contribution is 2.39. The molecule has 19 heavy (non-hydrogen) atoms. The molecule has 0 spiro atoms.